The van der Waals surface area contributed by atoms with Crippen molar-refractivity contribution in [2.24, 2.45) is 5.73 Å². The second-order valence-corrected chi connectivity index (χ2v) is 8.54. The van der Waals surface area contributed by atoms with E-state index in [1.165, 1.54) is 10.5 Å². The summed E-state index contributed by atoms with van der Waals surface area (Å²) in [6.45, 7) is 1.75. The van der Waals surface area contributed by atoms with Gasteiger partial charge < -0.3 is 26.0 Å². The first-order chi connectivity index (χ1) is 14.9. The molecular formula is C22H31N5O4. The number of hydrogen-bond acceptors (Lipinski definition) is 6. The molecule has 3 amide bonds. The van der Waals surface area contributed by atoms with Gasteiger partial charge in [0.2, 0.25) is 5.91 Å². The van der Waals surface area contributed by atoms with Gasteiger partial charge in [0.05, 0.1) is 12.1 Å². The smallest absolute Gasteiger partial charge is 0.252 e. The highest BCUT2D eigenvalue weighted by Crippen LogP contribution is 2.34. The Hall–Kier alpha value is -2.49. The number of hydrogen-bond donors (Lipinski definition) is 4. The van der Waals surface area contributed by atoms with Gasteiger partial charge in [-0.05, 0) is 57.2 Å². The highest BCUT2D eigenvalue weighted by Gasteiger charge is 2.50. The summed E-state index contributed by atoms with van der Waals surface area (Å²) >= 11 is 0. The van der Waals surface area contributed by atoms with Crippen LogP contribution in [-0.4, -0.2) is 60.3 Å². The minimum atomic E-state index is -0.929. The Labute approximate surface area is 182 Å². The summed E-state index contributed by atoms with van der Waals surface area (Å²) in [5.41, 5.74) is 8.11. The Balaban J connectivity index is 1.47. The molecular weight excluding hydrogens is 398 g/mol. The topological polar surface area (TPSA) is 126 Å². The fourth-order valence-corrected chi connectivity index (χ4v) is 4.88. The van der Waals surface area contributed by atoms with Crippen LogP contribution in [0.25, 0.3) is 0 Å². The van der Waals surface area contributed by atoms with Crippen LogP contribution in [0.4, 0.5) is 0 Å². The number of nitrogens with zero attached hydrogens (tertiary/aromatic N) is 1. The number of nitrogens with one attached hydrogen (secondary N) is 3. The summed E-state index contributed by atoms with van der Waals surface area (Å²) in [5, 5.41) is 8.47. The largest absolute Gasteiger partial charge is 0.353 e. The lowest BCUT2D eigenvalue weighted by atomic mass is 9.87. The molecule has 0 spiro atoms. The van der Waals surface area contributed by atoms with E-state index in [9.17, 15) is 14.4 Å². The maximum atomic E-state index is 13.3. The first-order valence-corrected chi connectivity index (χ1v) is 11.0. The summed E-state index contributed by atoms with van der Waals surface area (Å²) in [6.07, 6.45) is 2.13. The molecule has 5 N–H and O–H groups in total. The van der Waals surface area contributed by atoms with Crippen LogP contribution in [0.2, 0.25) is 0 Å². The van der Waals surface area contributed by atoms with Gasteiger partial charge in [0.15, 0.2) is 0 Å². The van der Waals surface area contributed by atoms with E-state index in [1.54, 1.807) is 14.0 Å². The highest BCUT2D eigenvalue weighted by molar-refractivity contribution is 5.94. The van der Waals surface area contributed by atoms with Crippen LogP contribution in [0, 0.1) is 0 Å². The molecule has 31 heavy (non-hydrogen) atoms. The molecule has 2 saturated heterocycles. The first-order valence-electron chi connectivity index (χ1n) is 11.0. The molecule has 6 unspecified atom stereocenters. The number of ether oxygens (including phenoxy) is 1. The van der Waals surface area contributed by atoms with Gasteiger partial charge in [0.1, 0.15) is 24.5 Å². The van der Waals surface area contributed by atoms with E-state index in [0.29, 0.717) is 12.8 Å². The normalized spacial score (nSPS) is 30.9. The van der Waals surface area contributed by atoms with Crippen molar-refractivity contribution in [3.05, 3.63) is 35.4 Å². The molecule has 9 nitrogen and oxygen atoms in total. The van der Waals surface area contributed by atoms with E-state index < -0.39 is 36.5 Å². The molecule has 2 heterocycles. The molecule has 168 valence electrons. The van der Waals surface area contributed by atoms with Gasteiger partial charge in [-0.2, -0.15) is 0 Å². The average molecular weight is 430 g/mol. The van der Waals surface area contributed by atoms with Gasteiger partial charge in [0.25, 0.3) is 11.8 Å². The Kier molecular flexibility index (Phi) is 6.27. The van der Waals surface area contributed by atoms with Crippen LogP contribution >= 0.6 is 0 Å². The van der Waals surface area contributed by atoms with Crippen molar-refractivity contribution in [1.82, 2.24) is 20.9 Å². The van der Waals surface area contributed by atoms with Crippen molar-refractivity contribution < 1.29 is 19.1 Å². The van der Waals surface area contributed by atoms with Gasteiger partial charge in [-0.1, -0.05) is 24.3 Å². The summed E-state index contributed by atoms with van der Waals surface area (Å²) in [4.78, 5) is 40.2. The lowest BCUT2D eigenvalue weighted by Gasteiger charge is -2.41. The van der Waals surface area contributed by atoms with Gasteiger partial charge in [-0.15, -0.1) is 0 Å². The third-order valence-electron chi connectivity index (χ3n) is 6.57. The quantitative estimate of drug-likeness (QED) is 0.485. The summed E-state index contributed by atoms with van der Waals surface area (Å²) < 4.78 is 5.98. The first kappa shape index (κ1) is 21.7. The van der Waals surface area contributed by atoms with E-state index in [2.05, 4.69) is 28.1 Å². The van der Waals surface area contributed by atoms with Crippen LogP contribution in [0.15, 0.2) is 24.3 Å². The van der Waals surface area contributed by atoms with Crippen molar-refractivity contribution in [2.45, 2.75) is 75.7 Å². The van der Waals surface area contributed by atoms with Crippen molar-refractivity contribution >= 4 is 17.7 Å². The molecule has 6 atom stereocenters. The molecule has 1 aliphatic carbocycles. The number of amides is 3. The van der Waals surface area contributed by atoms with Crippen molar-refractivity contribution in [2.75, 3.05) is 7.05 Å². The second-order valence-electron chi connectivity index (χ2n) is 8.54. The molecule has 1 aromatic rings. The van der Waals surface area contributed by atoms with E-state index in [4.69, 9.17) is 10.5 Å². The van der Waals surface area contributed by atoms with Crippen LogP contribution in [0.1, 0.15) is 49.8 Å². The third-order valence-corrected chi connectivity index (χ3v) is 6.57. The molecule has 4 rings (SSSR count). The Morgan fingerprint density at radius 3 is 2.74 bits per heavy atom. The third kappa shape index (κ3) is 4.17. The minimum Gasteiger partial charge on any atom is -0.353 e. The molecule has 0 aromatic heterocycles. The number of carbonyl (C=O) groups excluding carboxylic acids is 3. The van der Waals surface area contributed by atoms with E-state index in [1.807, 2.05) is 12.1 Å². The fourth-order valence-electron chi connectivity index (χ4n) is 4.88. The van der Waals surface area contributed by atoms with Crippen molar-refractivity contribution in [1.29, 1.82) is 0 Å². The number of fused-ring (bicyclic) bond motifs is 2. The Bertz CT molecular complexity index is 862. The van der Waals surface area contributed by atoms with Gasteiger partial charge in [-0.25, -0.2) is 0 Å². The Morgan fingerprint density at radius 2 is 1.97 bits per heavy atom. The lowest BCUT2D eigenvalue weighted by Crippen LogP contribution is -2.66. The monoisotopic (exact) mass is 429 g/mol. The van der Waals surface area contributed by atoms with Crippen LogP contribution in [0.3, 0.4) is 0 Å². The summed E-state index contributed by atoms with van der Waals surface area (Å²) in [7, 11) is 1.56. The molecule has 3 aliphatic rings. The highest BCUT2D eigenvalue weighted by atomic mass is 16.5. The number of benzene rings is 1. The second kappa shape index (κ2) is 8.94. The minimum absolute atomic E-state index is 0.0552. The molecule has 9 heteroatoms. The molecule has 0 saturated carbocycles. The van der Waals surface area contributed by atoms with Crippen LogP contribution in [0.5, 0.6) is 0 Å². The molecule has 0 bridgehead atoms. The maximum Gasteiger partial charge on any atom is 0.252 e. The van der Waals surface area contributed by atoms with E-state index in [0.717, 1.165) is 24.8 Å². The van der Waals surface area contributed by atoms with Crippen molar-refractivity contribution in [3.63, 3.8) is 0 Å². The van der Waals surface area contributed by atoms with Crippen LogP contribution in [-0.2, 0) is 25.5 Å². The number of likely N-dealkylation sites (N-methyl/N-ethyl adjacent to an activating group) is 1. The standard InChI is InChI=1S/C22H31N5O4/c1-12-18(26-21(29)19(23)24-2)22(30)27-16(10-11-17(27)31-12)20(28)25-15-9-5-7-13-6-3-4-8-14(13)15/h3-4,6,8,12,15-19,24H,5,7,9-11,23H2,1-2H3,(H,25,28)(H,26,29). The molecule has 0 radical (unpaired) electrons. The Morgan fingerprint density at radius 1 is 1.19 bits per heavy atom. The average Bonchev–Trinajstić information content (AvgIpc) is 3.20. The summed E-state index contributed by atoms with van der Waals surface area (Å²) in [6, 6.07) is 6.62. The van der Waals surface area contributed by atoms with Crippen LogP contribution < -0.4 is 21.7 Å². The molecule has 1 aromatic carbocycles. The van der Waals surface area contributed by atoms with E-state index >= 15 is 0 Å². The maximum absolute atomic E-state index is 13.3. The van der Waals surface area contributed by atoms with Crippen molar-refractivity contribution in [3.8, 4) is 0 Å². The summed E-state index contributed by atoms with van der Waals surface area (Å²) in [5.74, 6) is -0.969. The zero-order valence-electron chi connectivity index (χ0n) is 18.0. The number of nitrogens with two attached hydrogens (primary N) is 1. The predicted molar refractivity (Wildman–Crippen MR) is 113 cm³/mol. The van der Waals surface area contributed by atoms with Gasteiger partial charge in [0, 0.05) is 0 Å². The SMILES string of the molecule is CNC(N)C(=O)NC1C(=O)N2C(CCC2C(=O)NC2CCCc3ccccc32)OC1C. The van der Waals surface area contributed by atoms with E-state index in [-0.39, 0.29) is 17.9 Å². The zero-order chi connectivity index (χ0) is 22.1. The molecule has 2 aliphatic heterocycles. The number of aryl methyl sites for hydroxylation is 1. The number of carbonyl (C=O) groups is 3. The number of rotatable bonds is 5. The predicted octanol–water partition coefficient (Wildman–Crippen LogP) is -0.0950. The fraction of sp³-hybridized carbons (Fsp3) is 0.591. The molecule has 2 fully saturated rings. The van der Waals surface area contributed by atoms with Gasteiger partial charge in [-0.3, -0.25) is 19.7 Å². The zero-order valence-corrected chi connectivity index (χ0v) is 18.0. The van der Waals surface area contributed by atoms with Gasteiger partial charge >= 0.3 is 0 Å². The lowest BCUT2D eigenvalue weighted by molar-refractivity contribution is -0.179.